The minimum absolute atomic E-state index is 0.176. The minimum atomic E-state index is 0.176. The molecule has 0 spiro atoms. The Morgan fingerprint density at radius 3 is 2.54 bits per heavy atom. The molecule has 3 rings (SSSR count). The van der Waals surface area contributed by atoms with Gasteiger partial charge in [0.25, 0.3) is 0 Å². The zero-order valence-corrected chi connectivity index (χ0v) is 17.0. The normalized spacial score (nSPS) is 15.8. The molecule has 1 aliphatic rings. The van der Waals surface area contributed by atoms with Gasteiger partial charge in [0.15, 0.2) is 5.96 Å². The fourth-order valence-electron chi connectivity index (χ4n) is 3.63. The molecular weight excluding hydrogens is 352 g/mol. The van der Waals surface area contributed by atoms with E-state index in [4.69, 9.17) is 0 Å². The van der Waals surface area contributed by atoms with Crippen LogP contribution in [0.1, 0.15) is 13.3 Å². The van der Waals surface area contributed by atoms with Crippen molar-refractivity contribution < 1.29 is 4.79 Å². The summed E-state index contributed by atoms with van der Waals surface area (Å²) >= 11 is 0. The second-order valence-electron chi connectivity index (χ2n) is 7.19. The number of aromatic nitrogens is 1. The number of para-hydroxylation sites is 1. The number of fused-ring (bicyclic) bond motifs is 1. The highest BCUT2D eigenvalue weighted by Crippen LogP contribution is 2.15. The van der Waals surface area contributed by atoms with Crippen LogP contribution < -0.4 is 10.6 Å². The van der Waals surface area contributed by atoms with Crippen LogP contribution in [0.15, 0.2) is 41.5 Å². The lowest BCUT2D eigenvalue weighted by atomic mass is 10.2. The maximum absolute atomic E-state index is 11.4. The van der Waals surface area contributed by atoms with Gasteiger partial charge in [-0.3, -0.25) is 14.7 Å². The summed E-state index contributed by atoms with van der Waals surface area (Å²) in [5, 5.41) is 8.07. The molecule has 0 radical (unpaired) electrons. The molecule has 1 aliphatic heterocycles. The highest BCUT2D eigenvalue weighted by atomic mass is 16.2. The molecule has 1 aromatic carbocycles. The number of guanidine groups is 1. The van der Waals surface area contributed by atoms with E-state index >= 15 is 0 Å². The van der Waals surface area contributed by atoms with E-state index in [-0.39, 0.29) is 5.91 Å². The zero-order chi connectivity index (χ0) is 19.8. The third kappa shape index (κ3) is 5.48. The van der Waals surface area contributed by atoms with Gasteiger partial charge in [-0.25, -0.2) is 0 Å². The summed E-state index contributed by atoms with van der Waals surface area (Å²) in [5.41, 5.74) is 1.29. The van der Waals surface area contributed by atoms with Crippen LogP contribution in [-0.2, 0) is 11.3 Å². The predicted octanol–water partition coefficient (Wildman–Crippen LogP) is 1.36. The van der Waals surface area contributed by atoms with Crippen molar-refractivity contribution in [3.8, 4) is 0 Å². The number of piperazine rings is 1. The molecule has 2 N–H and O–H groups in total. The van der Waals surface area contributed by atoms with Crippen molar-refractivity contribution in [2.24, 2.45) is 4.99 Å². The van der Waals surface area contributed by atoms with Crippen molar-refractivity contribution in [2.75, 3.05) is 52.9 Å². The van der Waals surface area contributed by atoms with Gasteiger partial charge in [-0.05, 0) is 23.9 Å². The van der Waals surface area contributed by atoms with E-state index in [0.717, 1.165) is 64.7 Å². The standard InChI is InChI=1S/C21H32N6O/c1-18(28)26-16-14-25(15-17-26)13-10-24-21(22-2)23-9-5-11-27-12-8-19-6-3-4-7-20(19)27/h3-4,6-8,12H,5,9-11,13-17H2,1-2H3,(H2,22,23,24). The Bertz CT molecular complexity index is 791. The molecule has 7 heteroatoms. The van der Waals surface area contributed by atoms with Gasteiger partial charge in [-0.1, -0.05) is 18.2 Å². The second-order valence-corrected chi connectivity index (χ2v) is 7.19. The molecule has 2 heterocycles. The number of carbonyl (C=O) groups excluding carboxylic acids is 1. The van der Waals surface area contributed by atoms with E-state index in [1.807, 2.05) is 4.90 Å². The lowest BCUT2D eigenvalue weighted by molar-refractivity contribution is -0.130. The summed E-state index contributed by atoms with van der Waals surface area (Å²) in [6.07, 6.45) is 3.19. The fourth-order valence-corrected chi connectivity index (χ4v) is 3.63. The largest absolute Gasteiger partial charge is 0.356 e. The quantitative estimate of drug-likeness (QED) is 0.430. The van der Waals surface area contributed by atoms with E-state index in [1.54, 1.807) is 14.0 Å². The SMILES string of the molecule is CN=C(NCCCn1ccc2ccccc21)NCCN1CCN(C(C)=O)CC1. The van der Waals surface area contributed by atoms with Gasteiger partial charge < -0.3 is 20.1 Å². The van der Waals surface area contributed by atoms with E-state index < -0.39 is 0 Å². The molecule has 1 saturated heterocycles. The first kappa shape index (κ1) is 20.2. The summed E-state index contributed by atoms with van der Waals surface area (Å²) in [5.74, 6) is 1.02. The molecule has 0 atom stereocenters. The first-order chi connectivity index (χ1) is 13.7. The third-order valence-electron chi connectivity index (χ3n) is 5.31. The molecule has 2 aromatic rings. The van der Waals surface area contributed by atoms with Gasteiger partial charge in [-0.2, -0.15) is 0 Å². The Balaban J connectivity index is 1.31. The summed E-state index contributed by atoms with van der Waals surface area (Å²) in [4.78, 5) is 20.0. The number of aliphatic imine (C=N–C) groups is 1. The molecule has 1 aromatic heterocycles. The van der Waals surface area contributed by atoms with Crippen LogP contribution in [0.2, 0.25) is 0 Å². The molecule has 0 saturated carbocycles. The Hall–Kier alpha value is -2.54. The zero-order valence-electron chi connectivity index (χ0n) is 17.0. The molecular formula is C21H32N6O. The summed E-state index contributed by atoms with van der Waals surface area (Å²) in [7, 11) is 1.81. The molecule has 1 amide bonds. The first-order valence-corrected chi connectivity index (χ1v) is 10.1. The van der Waals surface area contributed by atoms with Crippen molar-refractivity contribution in [3.63, 3.8) is 0 Å². The number of nitrogens with one attached hydrogen (secondary N) is 2. The number of amides is 1. The number of rotatable bonds is 7. The number of aryl methyl sites for hydroxylation is 1. The number of nitrogens with zero attached hydrogens (tertiary/aromatic N) is 4. The van der Waals surface area contributed by atoms with Crippen LogP contribution in [0.5, 0.6) is 0 Å². The van der Waals surface area contributed by atoms with Crippen LogP contribution in [0, 0.1) is 0 Å². The summed E-state index contributed by atoms with van der Waals surface area (Å²) in [6, 6.07) is 10.6. The smallest absolute Gasteiger partial charge is 0.219 e. The monoisotopic (exact) mass is 384 g/mol. The molecule has 28 heavy (non-hydrogen) atoms. The summed E-state index contributed by atoms with van der Waals surface area (Å²) < 4.78 is 2.30. The Morgan fingerprint density at radius 2 is 1.79 bits per heavy atom. The van der Waals surface area contributed by atoms with Gasteiger partial charge in [0.05, 0.1) is 0 Å². The number of hydrogen-bond acceptors (Lipinski definition) is 3. The highest BCUT2D eigenvalue weighted by molar-refractivity contribution is 5.80. The molecule has 152 valence electrons. The average molecular weight is 385 g/mol. The number of carbonyl (C=O) groups is 1. The van der Waals surface area contributed by atoms with Gasteiger partial charge >= 0.3 is 0 Å². The van der Waals surface area contributed by atoms with E-state index in [2.05, 4.69) is 61.6 Å². The predicted molar refractivity (Wildman–Crippen MR) is 115 cm³/mol. The van der Waals surface area contributed by atoms with Crippen molar-refractivity contribution in [1.82, 2.24) is 25.0 Å². The number of benzene rings is 1. The number of hydrogen-bond donors (Lipinski definition) is 2. The Labute approximate surface area is 167 Å². The maximum atomic E-state index is 11.4. The molecule has 0 bridgehead atoms. The van der Waals surface area contributed by atoms with Crippen LogP contribution >= 0.6 is 0 Å². The van der Waals surface area contributed by atoms with Crippen molar-refractivity contribution in [2.45, 2.75) is 19.9 Å². The minimum Gasteiger partial charge on any atom is -0.356 e. The van der Waals surface area contributed by atoms with E-state index in [0.29, 0.717) is 0 Å². The van der Waals surface area contributed by atoms with Gasteiger partial charge in [0.1, 0.15) is 0 Å². The van der Waals surface area contributed by atoms with Gasteiger partial charge in [0, 0.05) is 78.0 Å². The highest BCUT2D eigenvalue weighted by Gasteiger charge is 2.17. The second kappa shape index (κ2) is 10.1. The van der Waals surface area contributed by atoms with E-state index in [1.165, 1.54) is 10.9 Å². The van der Waals surface area contributed by atoms with Crippen molar-refractivity contribution in [1.29, 1.82) is 0 Å². The average Bonchev–Trinajstić information content (AvgIpc) is 3.13. The third-order valence-corrected chi connectivity index (χ3v) is 5.31. The van der Waals surface area contributed by atoms with Gasteiger partial charge in [0.2, 0.25) is 5.91 Å². The van der Waals surface area contributed by atoms with E-state index in [9.17, 15) is 4.79 Å². The lowest BCUT2D eigenvalue weighted by Crippen LogP contribution is -2.50. The molecule has 1 fully saturated rings. The fraction of sp³-hybridized carbons (Fsp3) is 0.524. The summed E-state index contributed by atoms with van der Waals surface area (Å²) in [6.45, 7) is 8.86. The van der Waals surface area contributed by atoms with Crippen LogP contribution in [0.4, 0.5) is 0 Å². The maximum Gasteiger partial charge on any atom is 0.219 e. The topological polar surface area (TPSA) is 64.9 Å². The molecule has 0 unspecified atom stereocenters. The molecule has 7 nitrogen and oxygen atoms in total. The van der Waals surface area contributed by atoms with Crippen LogP contribution in [0.25, 0.3) is 10.9 Å². The molecule has 0 aliphatic carbocycles. The van der Waals surface area contributed by atoms with Gasteiger partial charge in [-0.15, -0.1) is 0 Å². The first-order valence-electron chi connectivity index (χ1n) is 10.1. The Kier molecular flexibility index (Phi) is 7.31. The van der Waals surface area contributed by atoms with Crippen LogP contribution in [-0.4, -0.2) is 79.1 Å². The van der Waals surface area contributed by atoms with Crippen LogP contribution in [0.3, 0.4) is 0 Å². The van der Waals surface area contributed by atoms with Crippen molar-refractivity contribution >= 4 is 22.8 Å². The Morgan fingerprint density at radius 1 is 1.04 bits per heavy atom. The lowest BCUT2D eigenvalue weighted by Gasteiger charge is -2.34. The van der Waals surface area contributed by atoms with Crippen molar-refractivity contribution in [3.05, 3.63) is 36.5 Å².